The van der Waals surface area contributed by atoms with E-state index in [0.717, 1.165) is 16.7 Å². The number of ether oxygens (including phenoxy) is 1. The zero-order chi connectivity index (χ0) is 23.0. The Morgan fingerprint density at radius 2 is 1.88 bits per heavy atom. The molecule has 33 heavy (non-hydrogen) atoms. The Morgan fingerprint density at radius 1 is 1.09 bits per heavy atom. The summed E-state index contributed by atoms with van der Waals surface area (Å²) >= 11 is 0. The molecule has 0 aliphatic carbocycles. The van der Waals surface area contributed by atoms with E-state index in [-0.39, 0.29) is 17.9 Å². The zero-order valence-electron chi connectivity index (χ0n) is 18.1. The molecule has 170 valence electrons. The predicted molar refractivity (Wildman–Crippen MR) is 123 cm³/mol. The molecule has 0 fully saturated rings. The van der Waals surface area contributed by atoms with Crippen molar-refractivity contribution >= 4 is 22.5 Å². The zero-order valence-corrected chi connectivity index (χ0v) is 18.1. The van der Waals surface area contributed by atoms with Crippen molar-refractivity contribution in [3.63, 3.8) is 0 Å². The molecule has 3 N–H and O–H groups in total. The van der Waals surface area contributed by atoms with Gasteiger partial charge in [0.25, 0.3) is 5.56 Å². The van der Waals surface area contributed by atoms with Gasteiger partial charge in [0.05, 0.1) is 12.5 Å². The Morgan fingerprint density at radius 3 is 2.67 bits per heavy atom. The summed E-state index contributed by atoms with van der Waals surface area (Å²) in [7, 11) is 1.61. The smallest absolute Gasteiger partial charge is 0.272 e. The number of methoxy groups -OCH3 is 1. The number of aromatic nitrogens is 4. The van der Waals surface area contributed by atoms with Crippen LogP contribution in [0.15, 0.2) is 57.8 Å². The first kappa shape index (κ1) is 22.0. The minimum absolute atomic E-state index is 0.0909. The first-order valence-corrected chi connectivity index (χ1v) is 10.6. The molecular formula is C23H24N6O4. The number of aromatic amines is 1. The van der Waals surface area contributed by atoms with Gasteiger partial charge in [-0.3, -0.25) is 9.59 Å². The Bertz CT molecular complexity index is 1280. The number of nitrogens with one attached hydrogen (secondary N) is 3. The Labute approximate surface area is 189 Å². The van der Waals surface area contributed by atoms with Crippen LogP contribution in [0.4, 0.5) is 5.82 Å². The highest BCUT2D eigenvalue weighted by Gasteiger charge is 2.11. The number of hydrogen-bond donors (Lipinski definition) is 3. The van der Waals surface area contributed by atoms with Gasteiger partial charge in [0.1, 0.15) is 5.75 Å². The molecule has 0 aliphatic heterocycles. The minimum atomic E-state index is -0.221. The van der Waals surface area contributed by atoms with Gasteiger partial charge in [-0.2, -0.15) is 10.1 Å². The summed E-state index contributed by atoms with van der Waals surface area (Å²) in [5, 5.41) is 17.9. The van der Waals surface area contributed by atoms with E-state index in [1.807, 2.05) is 42.5 Å². The second-order valence-corrected chi connectivity index (χ2v) is 7.32. The molecule has 4 aromatic rings. The number of nitrogens with zero attached hydrogens (tertiary/aromatic N) is 3. The normalized spacial score (nSPS) is 10.8. The molecule has 2 heterocycles. The number of H-pyrrole nitrogens is 1. The Kier molecular flexibility index (Phi) is 6.93. The number of carbonyl (C=O) groups is 1. The molecule has 0 unspecified atom stereocenters. The lowest BCUT2D eigenvalue weighted by molar-refractivity contribution is -0.121. The first-order valence-electron chi connectivity index (χ1n) is 10.6. The number of carbonyl (C=O) groups excluding carboxylic acids is 1. The van der Waals surface area contributed by atoms with E-state index in [0.29, 0.717) is 48.9 Å². The molecule has 2 aromatic carbocycles. The van der Waals surface area contributed by atoms with Gasteiger partial charge in [-0.1, -0.05) is 23.4 Å². The van der Waals surface area contributed by atoms with Crippen LogP contribution >= 0.6 is 0 Å². The van der Waals surface area contributed by atoms with Gasteiger partial charge in [-0.25, -0.2) is 5.10 Å². The van der Waals surface area contributed by atoms with Crippen molar-refractivity contribution in [2.75, 3.05) is 25.5 Å². The maximum Gasteiger partial charge on any atom is 0.272 e. The molecule has 0 aliphatic rings. The van der Waals surface area contributed by atoms with Crippen molar-refractivity contribution < 1.29 is 14.1 Å². The highest BCUT2D eigenvalue weighted by molar-refractivity contribution is 5.90. The molecule has 0 saturated heterocycles. The van der Waals surface area contributed by atoms with Gasteiger partial charge in [0.15, 0.2) is 5.82 Å². The largest absolute Gasteiger partial charge is 0.497 e. The van der Waals surface area contributed by atoms with Gasteiger partial charge in [0, 0.05) is 36.9 Å². The standard InChI is InChI=1S/C23H24N6O4/c1-32-16-9-7-15(8-10-16)21-26-20(33-29-21)12-11-19(30)24-13-4-14-25-22-17-5-2-3-6-18(17)23(31)28-27-22/h2-3,5-10H,4,11-14H2,1H3,(H,24,30)(H,25,27)(H,28,31). The van der Waals surface area contributed by atoms with Crippen molar-refractivity contribution in [1.82, 2.24) is 25.7 Å². The molecule has 2 aromatic heterocycles. The maximum absolute atomic E-state index is 12.1. The molecule has 0 atom stereocenters. The fraction of sp³-hybridized carbons (Fsp3) is 0.261. The summed E-state index contributed by atoms with van der Waals surface area (Å²) in [4.78, 5) is 28.3. The van der Waals surface area contributed by atoms with E-state index >= 15 is 0 Å². The van der Waals surface area contributed by atoms with E-state index in [4.69, 9.17) is 9.26 Å². The highest BCUT2D eigenvalue weighted by Crippen LogP contribution is 2.20. The second kappa shape index (κ2) is 10.4. The van der Waals surface area contributed by atoms with Crippen LogP contribution in [0.1, 0.15) is 18.7 Å². The lowest BCUT2D eigenvalue weighted by Crippen LogP contribution is -2.26. The summed E-state index contributed by atoms with van der Waals surface area (Å²) in [5.74, 6) is 2.15. The average molecular weight is 448 g/mol. The molecule has 0 radical (unpaired) electrons. The van der Waals surface area contributed by atoms with Gasteiger partial charge in [0.2, 0.25) is 17.6 Å². The third kappa shape index (κ3) is 5.53. The van der Waals surface area contributed by atoms with Crippen molar-refractivity contribution in [3.8, 4) is 17.1 Å². The molecule has 10 nitrogen and oxygen atoms in total. The Hall–Kier alpha value is -4.21. The van der Waals surface area contributed by atoms with E-state index in [1.165, 1.54) is 0 Å². The molecule has 10 heteroatoms. The number of fused-ring (bicyclic) bond motifs is 1. The van der Waals surface area contributed by atoms with Gasteiger partial charge >= 0.3 is 0 Å². The van der Waals surface area contributed by atoms with Gasteiger partial charge in [-0.05, 0) is 36.8 Å². The van der Waals surface area contributed by atoms with E-state index in [2.05, 4.69) is 31.0 Å². The second-order valence-electron chi connectivity index (χ2n) is 7.32. The fourth-order valence-electron chi connectivity index (χ4n) is 3.30. The van der Waals surface area contributed by atoms with E-state index in [1.54, 1.807) is 13.2 Å². The quantitative estimate of drug-likeness (QED) is 0.315. The highest BCUT2D eigenvalue weighted by atomic mass is 16.5. The third-order valence-corrected chi connectivity index (χ3v) is 5.05. The van der Waals surface area contributed by atoms with Crippen LogP contribution in [0.3, 0.4) is 0 Å². The lowest BCUT2D eigenvalue weighted by atomic mass is 10.2. The molecule has 0 spiro atoms. The summed E-state index contributed by atoms with van der Waals surface area (Å²) in [5.41, 5.74) is 0.591. The topological polar surface area (TPSA) is 135 Å². The molecular weight excluding hydrogens is 424 g/mol. The number of anilines is 1. The molecule has 0 saturated carbocycles. The number of amides is 1. The monoisotopic (exact) mass is 448 g/mol. The third-order valence-electron chi connectivity index (χ3n) is 5.05. The van der Waals surface area contributed by atoms with Crippen LogP contribution in [0, 0.1) is 0 Å². The maximum atomic E-state index is 12.1. The van der Waals surface area contributed by atoms with Crippen molar-refractivity contribution in [3.05, 3.63) is 64.8 Å². The summed E-state index contributed by atoms with van der Waals surface area (Å²) in [6.45, 7) is 1.10. The van der Waals surface area contributed by atoms with Gasteiger partial charge < -0.3 is 19.9 Å². The van der Waals surface area contributed by atoms with Crippen LogP contribution in [-0.4, -0.2) is 46.4 Å². The number of hydrogen-bond acceptors (Lipinski definition) is 8. The molecule has 1 amide bonds. The van der Waals surface area contributed by atoms with E-state index < -0.39 is 0 Å². The number of rotatable bonds is 10. The minimum Gasteiger partial charge on any atom is -0.497 e. The van der Waals surface area contributed by atoms with Crippen LogP contribution in [-0.2, 0) is 11.2 Å². The Balaban J connectivity index is 1.18. The van der Waals surface area contributed by atoms with Crippen LogP contribution < -0.4 is 20.9 Å². The van der Waals surface area contributed by atoms with Crippen molar-refractivity contribution in [1.29, 1.82) is 0 Å². The molecule has 0 bridgehead atoms. The van der Waals surface area contributed by atoms with E-state index in [9.17, 15) is 9.59 Å². The number of benzene rings is 2. The van der Waals surface area contributed by atoms with Crippen molar-refractivity contribution in [2.45, 2.75) is 19.3 Å². The summed E-state index contributed by atoms with van der Waals surface area (Å²) in [6, 6.07) is 14.6. The fourth-order valence-corrected chi connectivity index (χ4v) is 3.30. The SMILES string of the molecule is COc1ccc(-c2noc(CCC(=O)NCCCNc3n[nH]c(=O)c4ccccc34)n2)cc1. The average Bonchev–Trinajstić information content (AvgIpc) is 3.33. The summed E-state index contributed by atoms with van der Waals surface area (Å²) in [6.07, 6.45) is 1.31. The summed E-state index contributed by atoms with van der Waals surface area (Å²) < 4.78 is 10.4. The van der Waals surface area contributed by atoms with Crippen LogP contribution in [0.2, 0.25) is 0 Å². The van der Waals surface area contributed by atoms with Crippen molar-refractivity contribution in [2.24, 2.45) is 0 Å². The molecule has 4 rings (SSSR count). The predicted octanol–water partition coefficient (Wildman–Crippen LogP) is 2.53. The van der Waals surface area contributed by atoms with Crippen LogP contribution in [0.25, 0.3) is 22.2 Å². The van der Waals surface area contributed by atoms with Gasteiger partial charge in [-0.15, -0.1) is 0 Å². The number of aryl methyl sites for hydroxylation is 1. The lowest BCUT2D eigenvalue weighted by Gasteiger charge is -2.08. The van der Waals surface area contributed by atoms with Crippen LogP contribution in [0.5, 0.6) is 5.75 Å². The first-order chi connectivity index (χ1) is 16.1.